The summed E-state index contributed by atoms with van der Waals surface area (Å²) in [4.78, 5) is 11.3. The van der Waals surface area contributed by atoms with Crippen molar-refractivity contribution in [1.29, 1.82) is 0 Å². The van der Waals surface area contributed by atoms with Crippen LogP contribution in [0, 0.1) is 12.7 Å². The van der Waals surface area contributed by atoms with E-state index in [9.17, 15) is 9.18 Å². The zero-order valence-corrected chi connectivity index (χ0v) is 11.1. The van der Waals surface area contributed by atoms with E-state index in [1.165, 1.54) is 6.07 Å². The first kappa shape index (κ1) is 12.8. The molecule has 1 aliphatic rings. The van der Waals surface area contributed by atoms with Gasteiger partial charge in [0, 0.05) is 11.3 Å². The van der Waals surface area contributed by atoms with Gasteiger partial charge < -0.3 is 11.1 Å². The van der Waals surface area contributed by atoms with Crippen molar-refractivity contribution in [3.05, 3.63) is 64.5 Å². The van der Waals surface area contributed by atoms with Crippen molar-refractivity contribution < 1.29 is 9.18 Å². The van der Waals surface area contributed by atoms with E-state index in [-0.39, 0.29) is 11.7 Å². The number of fused-ring (bicyclic) bond motifs is 1. The first-order valence-electron chi connectivity index (χ1n) is 6.49. The maximum atomic E-state index is 13.9. The molecule has 1 heterocycles. The number of hydrogen-bond donors (Lipinski definition) is 2. The Bertz CT molecular complexity index is 697. The Morgan fingerprint density at radius 2 is 2.05 bits per heavy atom. The average molecular weight is 270 g/mol. The van der Waals surface area contributed by atoms with E-state index in [4.69, 9.17) is 5.73 Å². The Hall–Kier alpha value is -2.20. The zero-order valence-electron chi connectivity index (χ0n) is 11.1. The van der Waals surface area contributed by atoms with E-state index >= 15 is 0 Å². The average Bonchev–Trinajstić information content (AvgIpc) is 2.79. The molecule has 1 aliphatic heterocycles. The third kappa shape index (κ3) is 2.18. The fraction of sp³-hybridized carbons (Fsp3) is 0.188. The van der Waals surface area contributed by atoms with Gasteiger partial charge in [-0.3, -0.25) is 4.79 Å². The molecule has 102 valence electrons. The van der Waals surface area contributed by atoms with Crippen molar-refractivity contribution in [1.82, 2.24) is 0 Å². The molecule has 0 aromatic heterocycles. The Morgan fingerprint density at radius 1 is 1.25 bits per heavy atom. The maximum Gasteiger partial charge on any atom is 0.228 e. The van der Waals surface area contributed by atoms with E-state index in [1.807, 2.05) is 25.1 Å². The first-order valence-corrected chi connectivity index (χ1v) is 6.49. The van der Waals surface area contributed by atoms with Crippen molar-refractivity contribution in [2.45, 2.75) is 19.4 Å². The van der Waals surface area contributed by atoms with Gasteiger partial charge in [0.2, 0.25) is 5.91 Å². The number of hydrogen-bond acceptors (Lipinski definition) is 2. The molecule has 1 atom stereocenters. The second-order valence-corrected chi connectivity index (χ2v) is 5.14. The molecule has 0 aliphatic carbocycles. The molecule has 3 nitrogen and oxygen atoms in total. The molecular formula is C16H15FN2O. The van der Waals surface area contributed by atoms with Gasteiger partial charge >= 0.3 is 0 Å². The molecule has 1 amide bonds. The second kappa shape index (κ2) is 4.72. The van der Waals surface area contributed by atoms with E-state index in [0.29, 0.717) is 12.0 Å². The number of benzene rings is 2. The van der Waals surface area contributed by atoms with Gasteiger partial charge in [0.15, 0.2) is 0 Å². The van der Waals surface area contributed by atoms with Crippen LogP contribution >= 0.6 is 0 Å². The quantitative estimate of drug-likeness (QED) is 0.881. The molecule has 0 fully saturated rings. The lowest BCUT2D eigenvalue weighted by Crippen LogP contribution is -2.14. The summed E-state index contributed by atoms with van der Waals surface area (Å²) in [6.45, 7) is 1.90. The third-order valence-corrected chi connectivity index (χ3v) is 3.60. The van der Waals surface area contributed by atoms with Crippen LogP contribution in [0.4, 0.5) is 10.1 Å². The highest BCUT2D eigenvalue weighted by Gasteiger charge is 2.20. The third-order valence-electron chi connectivity index (χ3n) is 3.60. The molecule has 20 heavy (non-hydrogen) atoms. The molecule has 0 spiro atoms. The molecule has 1 unspecified atom stereocenters. The van der Waals surface area contributed by atoms with Crippen LogP contribution in [-0.4, -0.2) is 5.91 Å². The van der Waals surface area contributed by atoms with E-state index < -0.39 is 6.04 Å². The van der Waals surface area contributed by atoms with Gasteiger partial charge in [0.25, 0.3) is 0 Å². The van der Waals surface area contributed by atoms with E-state index in [2.05, 4.69) is 5.32 Å². The summed E-state index contributed by atoms with van der Waals surface area (Å²) in [5.41, 5.74) is 10.1. The summed E-state index contributed by atoms with van der Waals surface area (Å²) in [7, 11) is 0. The van der Waals surface area contributed by atoms with Crippen molar-refractivity contribution >= 4 is 11.6 Å². The van der Waals surface area contributed by atoms with Crippen LogP contribution < -0.4 is 11.1 Å². The largest absolute Gasteiger partial charge is 0.326 e. The fourth-order valence-corrected chi connectivity index (χ4v) is 2.52. The van der Waals surface area contributed by atoms with Crippen molar-refractivity contribution in [2.24, 2.45) is 5.73 Å². The number of nitrogens with one attached hydrogen (secondary N) is 1. The van der Waals surface area contributed by atoms with Gasteiger partial charge in [-0.15, -0.1) is 0 Å². The number of nitrogens with two attached hydrogens (primary N) is 1. The number of amides is 1. The van der Waals surface area contributed by atoms with Gasteiger partial charge in [0.1, 0.15) is 5.82 Å². The highest BCUT2D eigenvalue weighted by Crippen LogP contribution is 2.29. The molecule has 0 saturated carbocycles. The topological polar surface area (TPSA) is 55.1 Å². The first-order chi connectivity index (χ1) is 9.54. The van der Waals surface area contributed by atoms with Gasteiger partial charge in [0.05, 0.1) is 12.5 Å². The zero-order chi connectivity index (χ0) is 14.3. The molecule has 0 saturated heterocycles. The van der Waals surface area contributed by atoms with Crippen LogP contribution in [0.5, 0.6) is 0 Å². The Labute approximate surface area is 116 Å². The summed E-state index contributed by atoms with van der Waals surface area (Å²) in [6.07, 6.45) is 0.353. The molecular weight excluding hydrogens is 255 g/mol. The van der Waals surface area contributed by atoms with Gasteiger partial charge in [-0.25, -0.2) is 4.39 Å². The van der Waals surface area contributed by atoms with Crippen LogP contribution in [0.15, 0.2) is 36.4 Å². The summed E-state index contributed by atoms with van der Waals surface area (Å²) in [5, 5.41) is 2.77. The number of carbonyl (C=O) groups is 1. The number of halogens is 1. The molecule has 2 aromatic carbocycles. The molecule has 2 aromatic rings. The van der Waals surface area contributed by atoms with Crippen LogP contribution in [0.1, 0.15) is 28.3 Å². The van der Waals surface area contributed by atoms with Crippen LogP contribution in [0.25, 0.3) is 0 Å². The molecule has 3 N–H and O–H groups in total. The summed E-state index contributed by atoms with van der Waals surface area (Å²) in [5.74, 6) is -0.328. The minimum absolute atomic E-state index is 0.0209. The molecule has 4 heteroatoms. The molecule has 0 bridgehead atoms. The fourth-order valence-electron chi connectivity index (χ4n) is 2.52. The minimum atomic E-state index is -0.532. The Kier molecular flexibility index (Phi) is 3.03. The number of carbonyl (C=O) groups excluding carboxylic acids is 1. The Morgan fingerprint density at radius 3 is 2.85 bits per heavy atom. The predicted octanol–water partition coefficient (Wildman–Crippen LogP) is 2.68. The standard InChI is InChI=1S/C16H15FN2O/c1-9-2-4-13(17)12(6-9)16(18)10-3-5-14-11(7-10)8-15(20)19-14/h2-7,16H,8,18H2,1H3,(H,19,20). The SMILES string of the molecule is Cc1ccc(F)c(C(N)c2ccc3c(c2)CC(=O)N3)c1. The van der Waals surface area contributed by atoms with E-state index in [1.54, 1.807) is 12.1 Å². The van der Waals surface area contributed by atoms with E-state index in [0.717, 1.165) is 22.4 Å². The number of aryl methyl sites for hydroxylation is 1. The Balaban J connectivity index is 1.99. The predicted molar refractivity (Wildman–Crippen MR) is 75.9 cm³/mol. The van der Waals surface area contributed by atoms with Gasteiger partial charge in [-0.05, 0) is 30.2 Å². The smallest absolute Gasteiger partial charge is 0.228 e. The monoisotopic (exact) mass is 270 g/mol. The van der Waals surface area contributed by atoms with Crippen LogP contribution in [0.2, 0.25) is 0 Å². The summed E-state index contributed by atoms with van der Waals surface area (Å²) in [6, 6.07) is 9.91. The second-order valence-electron chi connectivity index (χ2n) is 5.14. The van der Waals surface area contributed by atoms with Gasteiger partial charge in [-0.2, -0.15) is 0 Å². The van der Waals surface area contributed by atoms with Crippen LogP contribution in [-0.2, 0) is 11.2 Å². The number of rotatable bonds is 2. The lowest BCUT2D eigenvalue weighted by atomic mass is 9.95. The lowest BCUT2D eigenvalue weighted by Gasteiger charge is -2.15. The van der Waals surface area contributed by atoms with Crippen molar-refractivity contribution in [2.75, 3.05) is 5.32 Å². The van der Waals surface area contributed by atoms with Gasteiger partial charge in [-0.1, -0.05) is 29.8 Å². The lowest BCUT2D eigenvalue weighted by molar-refractivity contribution is -0.115. The summed E-state index contributed by atoms with van der Waals surface area (Å²) < 4.78 is 13.9. The minimum Gasteiger partial charge on any atom is -0.326 e. The molecule has 3 rings (SSSR count). The highest BCUT2D eigenvalue weighted by molar-refractivity contribution is 5.99. The van der Waals surface area contributed by atoms with Crippen molar-refractivity contribution in [3.8, 4) is 0 Å². The number of anilines is 1. The summed E-state index contributed by atoms with van der Waals surface area (Å²) >= 11 is 0. The van der Waals surface area contributed by atoms with Crippen molar-refractivity contribution in [3.63, 3.8) is 0 Å². The van der Waals surface area contributed by atoms with Crippen LogP contribution in [0.3, 0.4) is 0 Å². The maximum absolute atomic E-state index is 13.9. The molecule has 0 radical (unpaired) electrons. The normalized spacial score (nSPS) is 14.8. The highest BCUT2D eigenvalue weighted by atomic mass is 19.1.